The van der Waals surface area contributed by atoms with Crippen molar-refractivity contribution in [2.45, 2.75) is 37.0 Å². The summed E-state index contributed by atoms with van der Waals surface area (Å²) in [7, 11) is 0. The molecule has 208 valence electrons. The van der Waals surface area contributed by atoms with Gasteiger partial charge in [0.25, 0.3) is 11.8 Å². The third kappa shape index (κ3) is 5.36. The number of fused-ring (bicyclic) bond motifs is 1. The number of nitrogens with two attached hydrogens (primary N) is 4. The van der Waals surface area contributed by atoms with E-state index in [0.717, 1.165) is 11.5 Å². The van der Waals surface area contributed by atoms with E-state index in [1.807, 2.05) is 6.92 Å². The zero-order chi connectivity index (χ0) is 28.4. The van der Waals surface area contributed by atoms with E-state index in [9.17, 15) is 19.5 Å². The van der Waals surface area contributed by atoms with Crippen LogP contribution in [0.5, 0.6) is 0 Å². The molecule has 10 N–H and O–H groups in total. The van der Waals surface area contributed by atoms with Gasteiger partial charge < -0.3 is 38.2 Å². The van der Waals surface area contributed by atoms with Gasteiger partial charge in [-0.25, -0.2) is 9.36 Å². The molecule has 0 spiro atoms. The zero-order valence-electron chi connectivity index (χ0n) is 20.8. The summed E-state index contributed by atoms with van der Waals surface area (Å²) in [6.45, 7) is 4.19. The molecule has 2 amide bonds. The highest BCUT2D eigenvalue weighted by atomic mass is 32.2. The van der Waals surface area contributed by atoms with Crippen molar-refractivity contribution in [3.8, 4) is 0 Å². The number of hydrogen-bond acceptors (Lipinski definition) is 15. The molecule has 1 unspecified atom stereocenters. The first-order chi connectivity index (χ1) is 18.6. The van der Waals surface area contributed by atoms with Crippen molar-refractivity contribution in [1.29, 1.82) is 0 Å². The Hall–Kier alpha value is -3.84. The largest absolute Gasteiger partial charge is 0.477 e. The number of thioether (sulfide) groups is 2. The minimum atomic E-state index is -1.26. The fourth-order valence-corrected chi connectivity index (χ4v) is 6.82. The topological polar surface area (TPSA) is 255 Å². The normalized spacial score (nSPS) is 19.0. The van der Waals surface area contributed by atoms with Gasteiger partial charge in [0.15, 0.2) is 10.8 Å². The number of carboxylic acids is 1. The summed E-state index contributed by atoms with van der Waals surface area (Å²) < 4.78 is 5.65. The molecule has 0 aromatic carbocycles. The summed E-state index contributed by atoms with van der Waals surface area (Å²) in [5, 5.41) is 16.3. The first kappa shape index (κ1) is 28.2. The van der Waals surface area contributed by atoms with E-state index in [1.54, 1.807) is 11.5 Å². The number of aliphatic carboxylic acids is 1. The number of nitrogens with one attached hydrogen (secondary N) is 1. The lowest BCUT2D eigenvalue weighted by Crippen LogP contribution is -2.71. The van der Waals surface area contributed by atoms with Crippen LogP contribution < -0.4 is 32.8 Å². The highest BCUT2D eigenvalue weighted by Gasteiger charge is 2.54. The van der Waals surface area contributed by atoms with Crippen molar-refractivity contribution >= 4 is 81.0 Å². The van der Waals surface area contributed by atoms with E-state index >= 15 is 0 Å². The number of anilines is 4. The quantitative estimate of drug-likeness (QED) is 0.0472. The van der Waals surface area contributed by atoms with Crippen LogP contribution in [0.2, 0.25) is 0 Å². The van der Waals surface area contributed by atoms with Gasteiger partial charge in [-0.05, 0) is 31.2 Å². The highest BCUT2D eigenvalue weighted by molar-refractivity contribution is 8.01. The second kappa shape index (κ2) is 11.5. The number of oxime groups is 1. The maximum absolute atomic E-state index is 13.1. The molecule has 16 nitrogen and oxygen atoms in total. The number of amides is 2. The summed E-state index contributed by atoms with van der Waals surface area (Å²) in [6, 6.07) is -0.991. The van der Waals surface area contributed by atoms with Crippen LogP contribution in [0.15, 0.2) is 21.6 Å². The number of carboxylic acid groups (broad SMARTS) is 1. The van der Waals surface area contributed by atoms with Gasteiger partial charge in [0.2, 0.25) is 23.2 Å². The van der Waals surface area contributed by atoms with E-state index in [0.29, 0.717) is 23.0 Å². The Morgan fingerprint density at radius 1 is 1.28 bits per heavy atom. The molecular formula is C20H26N11O5S3+. The minimum Gasteiger partial charge on any atom is -0.477 e. The Bertz CT molecular complexity index is 1400. The molecule has 0 radical (unpaired) electrons. The van der Waals surface area contributed by atoms with Crippen molar-refractivity contribution in [2.24, 2.45) is 5.16 Å². The fraction of sp³-hybridized carbons (Fsp3) is 0.400. The molecule has 4 heterocycles. The fourth-order valence-electron chi connectivity index (χ4n) is 3.82. The smallest absolute Gasteiger partial charge is 0.352 e. The van der Waals surface area contributed by atoms with Crippen LogP contribution in [0.25, 0.3) is 0 Å². The van der Waals surface area contributed by atoms with Crippen LogP contribution in [0.4, 0.5) is 22.5 Å². The molecule has 0 aliphatic carbocycles. The molecule has 1 saturated heterocycles. The molecule has 0 bridgehead atoms. The molecule has 2 aromatic rings. The van der Waals surface area contributed by atoms with E-state index in [2.05, 4.69) is 24.8 Å². The molecule has 2 aliphatic rings. The molecule has 39 heavy (non-hydrogen) atoms. The zero-order valence-corrected chi connectivity index (χ0v) is 23.2. The van der Waals surface area contributed by atoms with Crippen LogP contribution in [-0.2, 0) is 25.8 Å². The number of carbonyl (C=O) groups is 3. The van der Waals surface area contributed by atoms with Gasteiger partial charge in [-0.2, -0.15) is 9.36 Å². The molecule has 0 saturated carbocycles. The van der Waals surface area contributed by atoms with Crippen LogP contribution in [-0.4, -0.2) is 77.4 Å². The second-order valence-electron chi connectivity index (χ2n) is 8.04. The highest BCUT2D eigenvalue weighted by Crippen LogP contribution is 2.41. The predicted octanol–water partition coefficient (Wildman–Crippen LogP) is -1.16. The lowest BCUT2D eigenvalue weighted by Gasteiger charge is -2.49. The third-order valence-corrected chi connectivity index (χ3v) is 8.62. The van der Waals surface area contributed by atoms with Crippen LogP contribution in [0.3, 0.4) is 0 Å². The van der Waals surface area contributed by atoms with Crippen molar-refractivity contribution < 1.29 is 28.9 Å². The Balaban J connectivity index is 1.52. The van der Waals surface area contributed by atoms with Crippen molar-refractivity contribution in [2.75, 3.05) is 41.0 Å². The molecule has 2 atom stereocenters. The molecule has 4 rings (SSSR count). The third-order valence-electron chi connectivity index (χ3n) is 5.67. The van der Waals surface area contributed by atoms with E-state index < -0.39 is 29.2 Å². The molecule has 19 heteroatoms. The number of β-lactam (4-membered cyclic amide) rings is 1. The summed E-state index contributed by atoms with van der Waals surface area (Å²) in [5.41, 5.74) is 23.7. The Morgan fingerprint density at radius 2 is 2.03 bits per heavy atom. The van der Waals surface area contributed by atoms with Gasteiger partial charge in [0.05, 0.1) is 6.54 Å². The molecular weight excluding hydrogens is 570 g/mol. The van der Waals surface area contributed by atoms with Gasteiger partial charge in [-0.15, -0.1) is 11.8 Å². The summed E-state index contributed by atoms with van der Waals surface area (Å²) in [5.74, 6) is -1.80. The average Bonchev–Trinajstić information content (AvgIpc) is 3.34. The van der Waals surface area contributed by atoms with Crippen molar-refractivity contribution in [1.82, 2.24) is 24.6 Å². The Kier molecular flexibility index (Phi) is 8.31. The number of aromatic nitrogens is 4. The predicted molar refractivity (Wildman–Crippen MR) is 146 cm³/mol. The van der Waals surface area contributed by atoms with Crippen molar-refractivity contribution in [3.63, 3.8) is 0 Å². The van der Waals surface area contributed by atoms with Crippen LogP contribution in [0, 0.1) is 0 Å². The van der Waals surface area contributed by atoms with E-state index in [4.69, 9.17) is 27.8 Å². The molecule has 2 aliphatic heterocycles. The summed E-state index contributed by atoms with van der Waals surface area (Å²) in [4.78, 5) is 52.7. The van der Waals surface area contributed by atoms with E-state index in [-0.39, 0.29) is 52.0 Å². The van der Waals surface area contributed by atoms with Gasteiger partial charge in [0.1, 0.15) is 23.7 Å². The lowest BCUT2D eigenvalue weighted by atomic mass is 10.0. The van der Waals surface area contributed by atoms with Crippen molar-refractivity contribution in [3.05, 3.63) is 17.1 Å². The summed E-state index contributed by atoms with van der Waals surface area (Å²) >= 11 is 3.42. The lowest BCUT2D eigenvalue weighted by molar-refractivity contribution is -0.719. The number of nitrogen functional groups attached to an aromatic ring is 4. The van der Waals surface area contributed by atoms with Crippen LogP contribution >= 0.6 is 35.1 Å². The van der Waals surface area contributed by atoms with Gasteiger partial charge >= 0.3 is 11.1 Å². The standard InChI is InChI=1S/C20H25N11O5S3/c1-3-30-13(23)8(21)12(22)26-20(30)38-6-7-5-37-17-10(16(33)31(17)11(7)18(34)35)25-15(32)9(28-36-4-2)14-27-19(24)39-29-14/h10,17H,3-6H2,1-2H3,(H9,21,22,23,24,25,27,28,29,32,34,35)/p+1/t10?,17-/m1/s1. The summed E-state index contributed by atoms with van der Waals surface area (Å²) in [6.07, 6.45) is 0. The SMILES string of the molecule is CCO/N=C(\C(=O)NC1C(=O)N2C(C(=O)O)=C(CSc3nc(N)c(N)c(N)[n+]3CC)CS[C@H]12)c1nsc(N)n1. The average molecular weight is 597 g/mol. The second-order valence-corrected chi connectivity index (χ2v) is 10.9. The number of hydrogen-bond donors (Lipinski definition) is 6. The Labute approximate surface area is 234 Å². The first-order valence-electron chi connectivity index (χ1n) is 11.5. The van der Waals surface area contributed by atoms with Gasteiger partial charge in [-0.1, -0.05) is 10.1 Å². The first-order valence-corrected chi connectivity index (χ1v) is 14.3. The maximum atomic E-state index is 13.1. The maximum Gasteiger partial charge on any atom is 0.352 e. The number of nitrogens with zero attached hydrogens (tertiary/aromatic N) is 6. The van der Waals surface area contributed by atoms with Crippen LogP contribution in [0.1, 0.15) is 19.7 Å². The minimum absolute atomic E-state index is 0.0457. The number of rotatable bonds is 10. The number of carbonyl (C=O) groups excluding carboxylic acids is 2. The van der Waals surface area contributed by atoms with E-state index in [1.165, 1.54) is 28.4 Å². The molecule has 2 aromatic heterocycles. The molecule has 1 fully saturated rings. The van der Waals surface area contributed by atoms with Gasteiger partial charge in [0, 0.05) is 23.0 Å². The monoisotopic (exact) mass is 596 g/mol. The Morgan fingerprint density at radius 3 is 2.64 bits per heavy atom. The van der Waals surface area contributed by atoms with Gasteiger partial charge in [-0.3, -0.25) is 14.5 Å².